The molecule has 262 valence electrons. The van der Waals surface area contributed by atoms with Gasteiger partial charge in [0.25, 0.3) is 0 Å². The van der Waals surface area contributed by atoms with Gasteiger partial charge in [-0.1, -0.05) is 48.5 Å². The topological polar surface area (TPSA) is 134 Å². The van der Waals surface area contributed by atoms with Gasteiger partial charge in [-0.3, -0.25) is 19.7 Å². The minimum absolute atomic E-state index is 0.0229. The molecule has 0 unspecified atom stereocenters. The highest BCUT2D eigenvalue weighted by Crippen LogP contribution is 2.32. The van der Waals surface area contributed by atoms with Gasteiger partial charge in [-0.15, -0.1) is 0 Å². The molecule has 0 aromatic carbocycles. The molecule has 3 aliphatic heterocycles. The summed E-state index contributed by atoms with van der Waals surface area (Å²) in [7, 11) is 0. The van der Waals surface area contributed by atoms with Crippen molar-refractivity contribution in [2.75, 3.05) is 52.7 Å². The van der Waals surface area contributed by atoms with Crippen LogP contribution >= 0.6 is 0 Å². The number of amides is 1. The summed E-state index contributed by atoms with van der Waals surface area (Å²) < 4.78 is 15.8. The normalized spacial score (nSPS) is 18.3. The quantitative estimate of drug-likeness (QED) is 0.274. The minimum atomic E-state index is -0.420. The van der Waals surface area contributed by atoms with Crippen molar-refractivity contribution in [2.45, 2.75) is 89.6 Å². The van der Waals surface area contributed by atoms with E-state index in [-0.39, 0.29) is 16.9 Å². The van der Waals surface area contributed by atoms with Gasteiger partial charge >= 0.3 is 0 Å². The number of hydrogen-bond donors (Lipinski definition) is 3. The molecule has 10 nitrogen and oxygen atoms in total. The molecule has 6 heterocycles. The fourth-order valence-corrected chi connectivity index (χ4v) is 5.86. The van der Waals surface area contributed by atoms with Crippen molar-refractivity contribution in [3.63, 3.8) is 0 Å². The van der Waals surface area contributed by atoms with Crippen LogP contribution in [-0.2, 0) is 35.5 Å². The molecule has 10 heteroatoms. The lowest BCUT2D eigenvalue weighted by Gasteiger charge is -2.41. The van der Waals surface area contributed by atoms with E-state index in [1.807, 2.05) is 18.5 Å². The number of likely N-dealkylation sites (N-methyl/N-ethyl adjacent to an activating group) is 1. The van der Waals surface area contributed by atoms with Gasteiger partial charge in [-0.25, -0.2) is 0 Å². The molecule has 6 rings (SSSR count). The molecule has 3 fully saturated rings. The van der Waals surface area contributed by atoms with Crippen molar-refractivity contribution >= 4 is 5.91 Å². The number of nitrogens with one attached hydrogen (secondary N) is 2. The molecule has 3 saturated heterocycles. The number of nitrogens with zero attached hydrogens (tertiary/aromatic N) is 3. The number of hydrogen-bond acceptors (Lipinski definition) is 9. The highest BCUT2D eigenvalue weighted by atomic mass is 16.5. The van der Waals surface area contributed by atoms with E-state index in [1.165, 1.54) is 23.6 Å². The average molecular weight is 661 g/mol. The highest BCUT2D eigenvalue weighted by molar-refractivity contribution is 5.74. The Morgan fingerprint density at radius 1 is 0.708 bits per heavy atom. The molecule has 3 aliphatic rings. The Kier molecular flexibility index (Phi) is 12.8. The van der Waals surface area contributed by atoms with Gasteiger partial charge in [-0.05, 0) is 77.4 Å². The Morgan fingerprint density at radius 2 is 1.10 bits per heavy atom. The molecule has 0 saturated carbocycles. The van der Waals surface area contributed by atoms with Crippen molar-refractivity contribution < 1.29 is 19.0 Å². The first kappa shape index (κ1) is 37.5. The molecule has 3 aromatic heterocycles. The third-order valence-corrected chi connectivity index (χ3v) is 9.35. The summed E-state index contributed by atoms with van der Waals surface area (Å²) in [5, 5.41) is 6.44. The third kappa shape index (κ3) is 8.65. The molecule has 4 N–H and O–H groups in total. The van der Waals surface area contributed by atoms with Crippen molar-refractivity contribution in [3.8, 4) is 0 Å². The Morgan fingerprint density at radius 3 is 1.42 bits per heavy atom. The minimum Gasteiger partial charge on any atom is -0.379 e. The summed E-state index contributed by atoms with van der Waals surface area (Å²) in [6, 6.07) is 12.6. The van der Waals surface area contributed by atoms with E-state index in [9.17, 15) is 4.79 Å². The van der Waals surface area contributed by atoms with Crippen LogP contribution in [0.25, 0.3) is 0 Å². The van der Waals surface area contributed by atoms with E-state index >= 15 is 0 Å². The van der Waals surface area contributed by atoms with E-state index in [0.717, 1.165) is 36.8 Å². The number of carbonyl (C=O) groups is 1. The maximum absolute atomic E-state index is 11.2. The lowest BCUT2D eigenvalue weighted by atomic mass is 9.81. The molecular formula is C38H56N6O4. The van der Waals surface area contributed by atoms with E-state index < -0.39 is 5.54 Å². The maximum atomic E-state index is 11.2. The van der Waals surface area contributed by atoms with Crippen LogP contribution in [0, 0.1) is 0 Å². The average Bonchev–Trinajstić information content (AvgIpc) is 3.01. The lowest BCUT2D eigenvalue weighted by Crippen LogP contribution is -2.59. The van der Waals surface area contributed by atoms with Crippen LogP contribution in [0.3, 0.4) is 0 Å². The van der Waals surface area contributed by atoms with Gasteiger partial charge in [0.15, 0.2) is 0 Å². The van der Waals surface area contributed by atoms with Crippen LogP contribution < -0.4 is 16.4 Å². The highest BCUT2D eigenvalue weighted by Gasteiger charge is 2.43. The van der Waals surface area contributed by atoms with E-state index in [2.05, 4.69) is 104 Å². The number of ether oxygens (including phenoxy) is 3. The molecule has 0 radical (unpaired) electrons. The summed E-state index contributed by atoms with van der Waals surface area (Å²) in [4.78, 5) is 24.5. The van der Waals surface area contributed by atoms with E-state index in [1.54, 1.807) is 6.20 Å². The molecule has 0 bridgehead atoms. The van der Waals surface area contributed by atoms with E-state index in [4.69, 9.17) is 19.9 Å². The molecular weight excluding hydrogens is 604 g/mol. The Hall–Kier alpha value is -3.28. The number of rotatable bonds is 10. The molecule has 3 aromatic rings. The summed E-state index contributed by atoms with van der Waals surface area (Å²) in [6.07, 6.45) is 5.58. The van der Waals surface area contributed by atoms with Crippen molar-refractivity contribution in [2.24, 2.45) is 5.73 Å². The zero-order chi connectivity index (χ0) is 35.0. The van der Waals surface area contributed by atoms with Crippen LogP contribution in [0.1, 0.15) is 107 Å². The predicted molar refractivity (Wildman–Crippen MR) is 189 cm³/mol. The SMILES string of the molecule is CC(=O)NC1(c2cc(C(C)C)ccn2)COC1.CC(C)c1ccnc(C2(CN)COC2)c1.CCNC1(c2cc(C(C)C)ccn2)COC1. The Balaban J connectivity index is 0.000000163. The number of nitrogens with two attached hydrogens (primary N) is 1. The summed E-state index contributed by atoms with van der Waals surface area (Å²) >= 11 is 0. The summed E-state index contributed by atoms with van der Waals surface area (Å²) in [5.41, 5.74) is 12.3. The van der Waals surface area contributed by atoms with Crippen molar-refractivity contribution in [1.29, 1.82) is 0 Å². The fraction of sp³-hybridized carbons (Fsp3) is 0.579. The van der Waals surface area contributed by atoms with Crippen molar-refractivity contribution in [3.05, 3.63) is 88.8 Å². The number of carbonyl (C=O) groups excluding carboxylic acids is 1. The predicted octanol–water partition coefficient (Wildman–Crippen LogP) is 5.04. The number of pyridine rings is 3. The second-order valence-electron chi connectivity index (χ2n) is 14.2. The zero-order valence-corrected chi connectivity index (χ0v) is 30.1. The van der Waals surface area contributed by atoms with Crippen LogP contribution in [-0.4, -0.2) is 73.6 Å². The van der Waals surface area contributed by atoms with Crippen LogP contribution in [0.2, 0.25) is 0 Å². The largest absolute Gasteiger partial charge is 0.379 e. The summed E-state index contributed by atoms with van der Waals surface area (Å²) in [6.45, 7) is 22.1. The second-order valence-corrected chi connectivity index (χ2v) is 14.2. The smallest absolute Gasteiger partial charge is 0.217 e. The van der Waals surface area contributed by atoms with Crippen LogP contribution in [0.4, 0.5) is 0 Å². The van der Waals surface area contributed by atoms with Gasteiger partial charge < -0.3 is 30.6 Å². The first-order chi connectivity index (χ1) is 22.9. The molecule has 0 atom stereocenters. The van der Waals surface area contributed by atoms with Crippen LogP contribution in [0.5, 0.6) is 0 Å². The fourth-order valence-electron chi connectivity index (χ4n) is 5.86. The maximum Gasteiger partial charge on any atom is 0.217 e. The third-order valence-electron chi connectivity index (χ3n) is 9.35. The van der Waals surface area contributed by atoms with Crippen molar-refractivity contribution in [1.82, 2.24) is 25.6 Å². The standard InChI is InChI=1S/C13H18N2O2.C13H20N2O.C12H18N2O/c1-9(2)11-4-5-14-12(6-11)13(7-17-8-13)15-10(3)16;1-4-15-13(8-16-9-13)12-7-11(10(2)3)5-6-14-12;1-9(2)10-3-4-14-11(5-10)12(6-13)7-15-8-12/h4-6,9H,7-8H2,1-3H3,(H,15,16);5-7,10,15H,4,8-9H2,1-3H3;3-5,9H,6-8,13H2,1-2H3. The van der Waals surface area contributed by atoms with Gasteiger partial charge in [0, 0.05) is 32.1 Å². The Labute approximate surface area is 287 Å². The molecule has 48 heavy (non-hydrogen) atoms. The molecule has 0 spiro atoms. The lowest BCUT2D eigenvalue weighted by molar-refractivity contribution is -0.132. The second kappa shape index (κ2) is 16.4. The Bertz CT molecular complexity index is 1480. The van der Waals surface area contributed by atoms with Gasteiger partial charge in [0.1, 0.15) is 11.1 Å². The molecule has 0 aliphatic carbocycles. The van der Waals surface area contributed by atoms with Gasteiger partial charge in [-0.2, -0.15) is 0 Å². The number of aromatic nitrogens is 3. The van der Waals surface area contributed by atoms with Gasteiger partial charge in [0.05, 0.1) is 62.1 Å². The van der Waals surface area contributed by atoms with Crippen LogP contribution in [0.15, 0.2) is 55.0 Å². The summed E-state index contributed by atoms with van der Waals surface area (Å²) in [5.74, 6) is 1.47. The monoisotopic (exact) mass is 660 g/mol. The first-order valence-electron chi connectivity index (χ1n) is 17.3. The first-order valence-corrected chi connectivity index (χ1v) is 17.3. The zero-order valence-electron chi connectivity index (χ0n) is 30.1. The molecule has 1 amide bonds. The van der Waals surface area contributed by atoms with E-state index in [0.29, 0.717) is 50.7 Å². The van der Waals surface area contributed by atoms with Gasteiger partial charge in [0.2, 0.25) is 5.91 Å².